The first kappa shape index (κ1) is 26.9. The second-order valence-electron chi connectivity index (χ2n) is 8.83. The van der Waals surface area contributed by atoms with E-state index in [0.29, 0.717) is 12.8 Å². The standard InChI is InChI=1S/C26H34F3N.C2H3N/c1-2-30(20-18-21-7-4-3-5-8-21)19-6-9-22-10-12-23(13-11-22)24-14-16-25(17-15-24)26(27,28)29;1-2-3/h3-5,7-8,10-13,24-25H,2,6,9,14-20H2,1H3;1H3. The quantitative estimate of drug-likeness (QED) is 0.388. The molecule has 180 valence electrons. The van der Waals surface area contributed by atoms with Gasteiger partial charge in [-0.15, -0.1) is 0 Å². The molecule has 2 nitrogen and oxygen atoms in total. The Morgan fingerprint density at radius 1 is 0.879 bits per heavy atom. The van der Waals surface area contributed by atoms with Crippen molar-refractivity contribution in [3.8, 4) is 6.07 Å². The average molecular weight is 459 g/mol. The largest absolute Gasteiger partial charge is 0.391 e. The Balaban J connectivity index is 0.00000122. The molecule has 0 aromatic heterocycles. The van der Waals surface area contributed by atoms with Gasteiger partial charge in [-0.1, -0.05) is 61.5 Å². The van der Waals surface area contributed by atoms with Gasteiger partial charge in [-0.3, -0.25) is 0 Å². The fraction of sp³-hybridized carbons (Fsp3) is 0.536. The van der Waals surface area contributed by atoms with Crippen LogP contribution in [-0.2, 0) is 12.8 Å². The van der Waals surface area contributed by atoms with Crippen molar-refractivity contribution in [2.75, 3.05) is 19.6 Å². The van der Waals surface area contributed by atoms with Crippen LogP contribution in [0.3, 0.4) is 0 Å². The third-order valence-electron chi connectivity index (χ3n) is 6.59. The second-order valence-corrected chi connectivity index (χ2v) is 8.83. The van der Waals surface area contributed by atoms with Crippen LogP contribution in [0.15, 0.2) is 54.6 Å². The lowest BCUT2D eigenvalue weighted by Crippen LogP contribution is -2.27. The zero-order valence-corrected chi connectivity index (χ0v) is 20.0. The summed E-state index contributed by atoms with van der Waals surface area (Å²) in [7, 11) is 0. The molecule has 0 radical (unpaired) electrons. The minimum atomic E-state index is -4.03. The first-order valence-corrected chi connectivity index (χ1v) is 12.1. The maximum atomic E-state index is 12.9. The number of hydrogen-bond donors (Lipinski definition) is 0. The monoisotopic (exact) mass is 458 g/mol. The van der Waals surface area contributed by atoms with Gasteiger partial charge in [0.25, 0.3) is 0 Å². The fourth-order valence-corrected chi connectivity index (χ4v) is 4.58. The van der Waals surface area contributed by atoms with E-state index in [-0.39, 0.29) is 18.8 Å². The molecule has 0 heterocycles. The lowest BCUT2D eigenvalue weighted by atomic mass is 9.78. The van der Waals surface area contributed by atoms with E-state index in [1.54, 1.807) is 6.07 Å². The molecule has 0 bridgehead atoms. The maximum absolute atomic E-state index is 12.9. The van der Waals surface area contributed by atoms with E-state index in [2.05, 4.69) is 66.4 Å². The van der Waals surface area contributed by atoms with Crippen LogP contribution in [0.4, 0.5) is 13.2 Å². The molecule has 1 saturated carbocycles. The molecule has 5 heteroatoms. The number of nitrogens with zero attached hydrogens (tertiary/aromatic N) is 2. The molecule has 0 unspecified atom stereocenters. The van der Waals surface area contributed by atoms with E-state index < -0.39 is 12.1 Å². The van der Waals surface area contributed by atoms with Gasteiger partial charge in [0.05, 0.1) is 12.0 Å². The van der Waals surface area contributed by atoms with Gasteiger partial charge in [0, 0.05) is 13.5 Å². The molecule has 0 atom stereocenters. The molecule has 0 amide bonds. The summed E-state index contributed by atoms with van der Waals surface area (Å²) < 4.78 is 38.6. The molecule has 1 aliphatic rings. The Morgan fingerprint density at radius 3 is 2.00 bits per heavy atom. The van der Waals surface area contributed by atoms with Crippen molar-refractivity contribution in [1.29, 1.82) is 5.26 Å². The van der Waals surface area contributed by atoms with Crippen molar-refractivity contribution in [3.05, 3.63) is 71.3 Å². The van der Waals surface area contributed by atoms with E-state index in [4.69, 9.17) is 5.26 Å². The van der Waals surface area contributed by atoms with E-state index in [1.807, 2.05) is 0 Å². The summed E-state index contributed by atoms with van der Waals surface area (Å²) in [4.78, 5) is 2.50. The van der Waals surface area contributed by atoms with Crippen LogP contribution >= 0.6 is 0 Å². The number of hydrogen-bond acceptors (Lipinski definition) is 2. The lowest BCUT2D eigenvalue weighted by Gasteiger charge is -2.30. The van der Waals surface area contributed by atoms with Crippen LogP contribution < -0.4 is 0 Å². The van der Waals surface area contributed by atoms with Crippen LogP contribution in [0.2, 0.25) is 0 Å². The fourth-order valence-electron chi connectivity index (χ4n) is 4.58. The van der Waals surface area contributed by atoms with Gasteiger partial charge in [-0.2, -0.15) is 18.4 Å². The molecular formula is C28H37F3N2. The predicted molar refractivity (Wildman–Crippen MR) is 129 cm³/mol. The van der Waals surface area contributed by atoms with Gasteiger partial charge in [0.1, 0.15) is 0 Å². The number of nitriles is 1. The summed E-state index contributed by atoms with van der Waals surface area (Å²) in [5.41, 5.74) is 3.91. The summed E-state index contributed by atoms with van der Waals surface area (Å²) in [5, 5.41) is 7.32. The summed E-state index contributed by atoms with van der Waals surface area (Å²) in [6.07, 6.45) is 1.06. The first-order chi connectivity index (χ1) is 15.9. The van der Waals surface area contributed by atoms with Crippen molar-refractivity contribution in [3.63, 3.8) is 0 Å². The van der Waals surface area contributed by atoms with E-state index >= 15 is 0 Å². The lowest BCUT2D eigenvalue weighted by molar-refractivity contribution is -0.182. The summed E-state index contributed by atoms with van der Waals surface area (Å²) in [6.45, 7) is 6.88. The van der Waals surface area contributed by atoms with Gasteiger partial charge < -0.3 is 4.90 Å². The highest BCUT2D eigenvalue weighted by molar-refractivity contribution is 5.26. The Morgan fingerprint density at radius 2 is 1.45 bits per heavy atom. The number of alkyl halides is 3. The van der Waals surface area contributed by atoms with Crippen LogP contribution in [0.25, 0.3) is 0 Å². The Bertz CT molecular complexity index is 817. The number of rotatable bonds is 9. The number of aryl methyl sites for hydroxylation is 1. The number of benzene rings is 2. The van der Waals surface area contributed by atoms with E-state index in [0.717, 1.165) is 38.9 Å². The molecule has 3 rings (SSSR count). The summed E-state index contributed by atoms with van der Waals surface area (Å²) in [5.74, 6) is -0.817. The molecule has 1 aliphatic carbocycles. The van der Waals surface area contributed by atoms with Crippen molar-refractivity contribution in [1.82, 2.24) is 4.90 Å². The van der Waals surface area contributed by atoms with Crippen molar-refractivity contribution >= 4 is 0 Å². The highest BCUT2D eigenvalue weighted by atomic mass is 19.4. The second kappa shape index (κ2) is 14.1. The molecule has 2 aromatic rings. The van der Waals surface area contributed by atoms with Crippen molar-refractivity contribution in [2.24, 2.45) is 5.92 Å². The van der Waals surface area contributed by atoms with E-state index in [1.165, 1.54) is 23.6 Å². The van der Waals surface area contributed by atoms with Gasteiger partial charge >= 0.3 is 6.18 Å². The maximum Gasteiger partial charge on any atom is 0.391 e. The van der Waals surface area contributed by atoms with Crippen LogP contribution in [0.5, 0.6) is 0 Å². The van der Waals surface area contributed by atoms with Crippen molar-refractivity contribution < 1.29 is 13.2 Å². The van der Waals surface area contributed by atoms with Crippen LogP contribution in [0.1, 0.15) is 68.6 Å². The molecule has 0 aliphatic heterocycles. The topological polar surface area (TPSA) is 27.0 Å². The zero-order valence-electron chi connectivity index (χ0n) is 20.0. The third kappa shape index (κ3) is 9.60. The molecule has 1 fully saturated rings. The minimum absolute atomic E-state index is 0.270. The molecule has 0 saturated heterocycles. The smallest absolute Gasteiger partial charge is 0.303 e. The normalized spacial score (nSPS) is 18.3. The van der Waals surface area contributed by atoms with E-state index in [9.17, 15) is 13.2 Å². The summed E-state index contributed by atoms with van der Waals surface area (Å²) in [6, 6.07) is 21.0. The number of halogens is 3. The van der Waals surface area contributed by atoms with Crippen LogP contribution in [-0.4, -0.2) is 30.7 Å². The Hall–Kier alpha value is -2.32. The third-order valence-corrected chi connectivity index (χ3v) is 6.59. The van der Waals surface area contributed by atoms with Gasteiger partial charge in [0.15, 0.2) is 0 Å². The van der Waals surface area contributed by atoms with Gasteiger partial charge in [0.2, 0.25) is 0 Å². The summed E-state index contributed by atoms with van der Waals surface area (Å²) >= 11 is 0. The van der Waals surface area contributed by atoms with Gasteiger partial charge in [-0.25, -0.2) is 0 Å². The molecular weight excluding hydrogens is 421 g/mol. The first-order valence-electron chi connectivity index (χ1n) is 12.1. The van der Waals surface area contributed by atoms with Gasteiger partial charge in [-0.05, 0) is 80.6 Å². The highest BCUT2D eigenvalue weighted by Crippen LogP contribution is 2.42. The van der Waals surface area contributed by atoms with Crippen LogP contribution in [0, 0.1) is 17.2 Å². The molecule has 33 heavy (non-hydrogen) atoms. The highest BCUT2D eigenvalue weighted by Gasteiger charge is 2.41. The molecule has 0 spiro atoms. The zero-order chi connectivity index (χ0) is 24.1. The Labute approximate surface area is 197 Å². The predicted octanol–water partition coefficient (Wildman–Crippen LogP) is 7.55. The minimum Gasteiger partial charge on any atom is -0.303 e. The van der Waals surface area contributed by atoms with Crippen molar-refractivity contribution in [2.45, 2.75) is 70.9 Å². The number of likely N-dealkylation sites (N-methyl/N-ethyl adjacent to an activating group) is 1. The average Bonchev–Trinajstić information content (AvgIpc) is 2.82. The SMILES string of the molecule is CC#N.CCN(CCCc1ccc(C2CCC(C(F)(F)F)CC2)cc1)CCc1ccccc1. The Kier molecular flexibility index (Phi) is 11.5. The molecule has 0 N–H and O–H groups in total. The molecule has 2 aromatic carbocycles.